The van der Waals surface area contributed by atoms with E-state index in [0.29, 0.717) is 4.47 Å². The Balaban J connectivity index is 1.84. The smallest absolute Gasteiger partial charge is 0.265 e. The van der Waals surface area contributed by atoms with Crippen molar-refractivity contribution in [1.29, 1.82) is 0 Å². The second kappa shape index (κ2) is 7.70. The van der Waals surface area contributed by atoms with Crippen LogP contribution in [-0.4, -0.2) is 18.7 Å². The van der Waals surface area contributed by atoms with E-state index in [0.717, 1.165) is 11.1 Å². The Morgan fingerprint density at radius 3 is 2.86 bits per heavy atom. The maximum absolute atomic E-state index is 13.5. The molecule has 0 aliphatic carbocycles. The molecule has 0 aliphatic heterocycles. The lowest BCUT2D eigenvalue weighted by molar-refractivity contribution is -0.120. The van der Waals surface area contributed by atoms with E-state index in [-0.39, 0.29) is 12.3 Å². The second-order valence-corrected chi connectivity index (χ2v) is 5.45. The van der Waals surface area contributed by atoms with E-state index >= 15 is 0 Å². The molecule has 2 aromatic carbocycles. The maximum Gasteiger partial charge on any atom is 0.265 e. The number of nitrogens with zero attached hydrogens (tertiary/aromatic N) is 1. The molecule has 0 aliphatic rings. The van der Waals surface area contributed by atoms with Gasteiger partial charge >= 0.3 is 0 Å². The van der Waals surface area contributed by atoms with Crippen LogP contribution in [0.5, 0.6) is 0 Å². The number of aryl methyl sites for hydroxylation is 1. The Morgan fingerprint density at radius 1 is 1.36 bits per heavy atom. The monoisotopic (exact) mass is 364 g/mol. The first kappa shape index (κ1) is 16.2. The number of halogens is 2. The van der Waals surface area contributed by atoms with Crippen LogP contribution in [0.3, 0.4) is 0 Å². The van der Waals surface area contributed by atoms with Crippen LogP contribution in [0.15, 0.2) is 52.1 Å². The minimum atomic E-state index is -0.522. The van der Waals surface area contributed by atoms with Crippen molar-refractivity contribution in [2.45, 2.75) is 6.92 Å². The van der Waals surface area contributed by atoms with E-state index in [4.69, 9.17) is 4.84 Å². The summed E-state index contributed by atoms with van der Waals surface area (Å²) in [6.07, 6.45) is 1.53. The number of hydrogen-bond donors (Lipinski definition) is 1. The van der Waals surface area contributed by atoms with Gasteiger partial charge in [0.2, 0.25) is 0 Å². The largest absolute Gasteiger partial charge is 0.386 e. The zero-order valence-corrected chi connectivity index (χ0v) is 13.4. The lowest BCUT2D eigenvalue weighted by Gasteiger charge is -2.05. The molecule has 1 N–H and O–H groups in total. The quantitative estimate of drug-likeness (QED) is 0.646. The molecular formula is C16H14BrFN2O2. The van der Waals surface area contributed by atoms with E-state index in [1.165, 1.54) is 18.3 Å². The van der Waals surface area contributed by atoms with E-state index in [1.54, 1.807) is 6.07 Å². The second-order valence-electron chi connectivity index (χ2n) is 4.54. The highest BCUT2D eigenvalue weighted by Crippen LogP contribution is 2.19. The van der Waals surface area contributed by atoms with Crippen molar-refractivity contribution in [3.8, 4) is 0 Å². The van der Waals surface area contributed by atoms with E-state index in [1.807, 2.05) is 31.2 Å². The molecule has 0 saturated carbocycles. The van der Waals surface area contributed by atoms with Gasteiger partial charge in [0.1, 0.15) is 5.82 Å². The number of carbonyl (C=O) groups excluding carboxylic acids is 1. The molecule has 0 radical (unpaired) electrons. The molecule has 0 unspecified atom stereocenters. The van der Waals surface area contributed by atoms with E-state index in [9.17, 15) is 9.18 Å². The molecule has 22 heavy (non-hydrogen) atoms. The van der Waals surface area contributed by atoms with Gasteiger partial charge in [-0.1, -0.05) is 45.4 Å². The number of benzene rings is 2. The molecule has 4 nitrogen and oxygen atoms in total. The molecule has 6 heteroatoms. The lowest BCUT2D eigenvalue weighted by atomic mass is 10.1. The summed E-state index contributed by atoms with van der Waals surface area (Å²) in [6.45, 7) is 1.66. The van der Waals surface area contributed by atoms with Crippen molar-refractivity contribution in [1.82, 2.24) is 0 Å². The summed E-state index contributed by atoms with van der Waals surface area (Å²) in [5, 5.41) is 6.15. The number of amides is 1. The van der Waals surface area contributed by atoms with Gasteiger partial charge in [-0.15, -0.1) is 0 Å². The number of hydrogen-bond acceptors (Lipinski definition) is 3. The Labute approximate surface area is 136 Å². The van der Waals surface area contributed by atoms with Gasteiger partial charge in [-0.25, -0.2) is 4.39 Å². The molecule has 0 fully saturated rings. The minimum Gasteiger partial charge on any atom is -0.386 e. The zero-order chi connectivity index (χ0) is 15.9. The number of oxime groups is 1. The van der Waals surface area contributed by atoms with Crippen molar-refractivity contribution in [3.63, 3.8) is 0 Å². The number of nitrogens with one attached hydrogen (secondary N) is 1. The number of carbonyl (C=O) groups is 1. The topological polar surface area (TPSA) is 50.7 Å². The van der Waals surface area contributed by atoms with Crippen LogP contribution in [0.1, 0.15) is 11.1 Å². The Morgan fingerprint density at radius 2 is 2.14 bits per heavy atom. The molecule has 0 spiro atoms. The highest BCUT2D eigenvalue weighted by Gasteiger charge is 2.07. The summed E-state index contributed by atoms with van der Waals surface area (Å²) in [4.78, 5) is 16.6. The molecule has 0 aromatic heterocycles. The first-order valence-corrected chi connectivity index (χ1v) is 7.31. The molecule has 2 rings (SSSR count). The standard InChI is InChI=1S/C16H14BrFN2O2/c1-11-4-2-3-5-12(11)9-19-22-10-16(21)20-15-7-6-13(17)8-14(15)18/h2-9H,10H2,1H3,(H,20,21)/b19-9+. The summed E-state index contributed by atoms with van der Waals surface area (Å²) in [6, 6.07) is 12.0. The van der Waals surface area contributed by atoms with Crippen LogP contribution in [0.25, 0.3) is 0 Å². The predicted octanol–water partition coefficient (Wildman–Crippen LogP) is 3.89. The van der Waals surface area contributed by atoms with Crippen LogP contribution >= 0.6 is 15.9 Å². The zero-order valence-electron chi connectivity index (χ0n) is 11.8. The molecule has 1 amide bonds. The molecule has 114 valence electrons. The SMILES string of the molecule is Cc1ccccc1/C=N/OCC(=O)Nc1ccc(Br)cc1F. The van der Waals surface area contributed by atoms with Gasteiger partial charge in [-0.3, -0.25) is 4.79 Å². The summed E-state index contributed by atoms with van der Waals surface area (Å²) < 4.78 is 14.1. The third-order valence-electron chi connectivity index (χ3n) is 2.86. The lowest BCUT2D eigenvalue weighted by Crippen LogP contribution is -2.17. The Bertz CT molecular complexity index is 704. The van der Waals surface area contributed by atoms with Crippen molar-refractivity contribution >= 4 is 33.7 Å². The summed E-state index contributed by atoms with van der Waals surface area (Å²) in [7, 11) is 0. The van der Waals surface area contributed by atoms with Crippen molar-refractivity contribution in [3.05, 3.63) is 63.9 Å². The van der Waals surface area contributed by atoms with Crippen LogP contribution < -0.4 is 5.32 Å². The van der Waals surface area contributed by atoms with Crippen molar-refractivity contribution in [2.24, 2.45) is 5.16 Å². The van der Waals surface area contributed by atoms with Crippen molar-refractivity contribution in [2.75, 3.05) is 11.9 Å². The fourth-order valence-corrected chi connectivity index (χ4v) is 2.03. The normalized spacial score (nSPS) is 10.7. The molecular weight excluding hydrogens is 351 g/mol. The third kappa shape index (κ3) is 4.66. The van der Waals surface area contributed by atoms with E-state index < -0.39 is 11.7 Å². The van der Waals surface area contributed by atoms with Crippen LogP contribution in [0.4, 0.5) is 10.1 Å². The van der Waals surface area contributed by atoms with Gasteiger partial charge in [0.05, 0.1) is 11.9 Å². The molecule has 2 aromatic rings. The highest BCUT2D eigenvalue weighted by molar-refractivity contribution is 9.10. The van der Waals surface area contributed by atoms with Crippen LogP contribution in [0.2, 0.25) is 0 Å². The Kier molecular flexibility index (Phi) is 5.66. The molecule has 0 bridgehead atoms. The minimum absolute atomic E-state index is 0.0969. The van der Waals surface area contributed by atoms with Gasteiger partial charge in [0, 0.05) is 4.47 Å². The summed E-state index contributed by atoms with van der Waals surface area (Å²) in [5.74, 6) is -1.01. The first-order valence-electron chi connectivity index (χ1n) is 6.52. The molecule has 0 atom stereocenters. The maximum atomic E-state index is 13.5. The van der Waals surface area contributed by atoms with Crippen LogP contribution in [0, 0.1) is 12.7 Å². The number of rotatable bonds is 5. The van der Waals surface area contributed by atoms with Crippen molar-refractivity contribution < 1.29 is 14.0 Å². The van der Waals surface area contributed by atoms with Gasteiger partial charge in [-0.05, 0) is 36.2 Å². The first-order chi connectivity index (χ1) is 10.6. The number of anilines is 1. The van der Waals surface area contributed by atoms with Gasteiger partial charge < -0.3 is 10.2 Å². The Hall–Kier alpha value is -2.21. The summed E-state index contributed by atoms with van der Waals surface area (Å²) >= 11 is 3.15. The van der Waals surface area contributed by atoms with Gasteiger partial charge in [0.25, 0.3) is 5.91 Å². The highest BCUT2D eigenvalue weighted by atomic mass is 79.9. The van der Waals surface area contributed by atoms with Gasteiger partial charge in [-0.2, -0.15) is 0 Å². The fourth-order valence-electron chi connectivity index (χ4n) is 1.70. The summed E-state index contributed by atoms with van der Waals surface area (Å²) in [5.41, 5.74) is 2.05. The fraction of sp³-hybridized carbons (Fsp3) is 0.125. The molecule has 0 saturated heterocycles. The van der Waals surface area contributed by atoms with Gasteiger partial charge in [0.15, 0.2) is 6.61 Å². The average Bonchev–Trinajstić information content (AvgIpc) is 2.48. The third-order valence-corrected chi connectivity index (χ3v) is 3.35. The van der Waals surface area contributed by atoms with E-state index in [2.05, 4.69) is 26.4 Å². The predicted molar refractivity (Wildman–Crippen MR) is 87.5 cm³/mol. The average molecular weight is 365 g/mol. The van der Waals surface area contributed by atoms with Crippen LogP contribution in [-0.2, 0) is 9.63 Å². The molecule has 0 heterocycles.